The zero-order valence-electron chi connectivity index (χ0n) is 20.6. The van der Waals surface area contributed by atoms with Crippen molar-refractivity contribution in [1.82, 2.24) is 20.2 Å². The van der Waals surface area contributed by atoms with E-state index in [0.29, 0.717) is 42.0 Å². The Hall–Kier alpha value is -2.94. The molecule has 1 unspecified atom stereocenters. The molecule has 0 fully saturated rings. The van der Waals surface area contributed by atoms with Crippen molar-refractivity contribution in [3.63, 3.8) is 0 Å². The summed E-state index contributed by atoms with van der Waals surface area (Å²) >= 11 is 5.77. The summed E-state index contributed by atoms with van der Waals surface area (Å²) < 4.78 is 11.3. The fourth-order valence-electron chi connectivity index (χ4n) is 3.82. The van der Waals surface area contributed by atoms with Crippen LogP contribution in [0, 0.1) is 0 Å². The summed E-state index contributed by atoms with van der Waals surface area (Å²) in [5.74, 6) is 1.12. The van der Waals surface area contributed by atoms with Crippen LogP contribution >= 0.6 is 11.6 Å². The van der Waals surface area contributed by atoms with E-state index in [9.17, 15) is 9.90 Å². The van der Waals surface area contributed by atoms with Crippen molar-refractivity contribution < 1.29 is 19.1 Å². The first-order valence-electron chi connectivity index (χ1n) is 11.7. The van der Waals surface area contributed by atoms with Gasteiger partial charge in [0.2, 0.25) is 11.8 Å². The van der Waals surface area contributed by atoms with E-state index < -0.39 is 6.10 Å². The number of hydrogen-bond acceptors (Lipinski definition) is 7. The summed E-state index contributed by atoms with van der Waals surface area (Å²) in [6, 6.07) is 11.2. The average molecular weight is 501 g/mol. The topological polar surface area (TPSA) is 101 Å². The molecule has 188 valence electrons. The normalized spacial score (nSPS) is 12.2. The number of nitrogens with zero attached hydrogens (tertiary/aromatic N) is 3. The van der Waals surface area contributed by atoms with Crippen LogP contribution in [0.2, 0.25) is 5.15 Å². The number of aromatic nitrogens is 2. The number of aliphatic hydroxyl groups is 1. The number of hydrogen-bond donors (Lipinski definition) is 2. The zero-order valence-corrected chi connectivity index (χ0v) is 21.3. The summed E-state index contributed by atoms with van der Waals surface area (Å²) in [7, 11) is 0. The number of aliphatic hydroxyl groups excluding tert-OH is 1. The lowest BCUT2D eigenvalue weighted by Gasteiger charge is -2.30. The highest BCUT2D eigenvalue weighted by atomic mass is 35.5. The van der Waals surface area contributed by atoms with Crippen LogP contribution < -0.4 is 10.1 Å². The Balaban J connectivity index is 1.44. The average Bonchev–Trinajstić information content (AvgIpc) is 3.27. The molecule has 0 aliphatic rings. The Labute approximate surface area is 211 Å². The largest absolute Gasteiger partial charge is 0.492 e. The van der Waals surface area contributed by atoms with Gasteiger partial charge in [-0.2, -0.15) is 0 Å². The van der Waals surface area contributed by atoms with Gasteiger partial charge in [-0.3, -0.25) is 4.79 Å². The zero-order chi connectivity index (χ0) is 25.4. The number of rotatable bonds is 12. The fraction of sp³-hybridized carbons (Fsp3) is 0.423. The van der Waals surface area contributed by atoms with E-state index in [1.54, 1.807) is 24.6 Å². The van der Waals surface area contributed by atoms with Crippen LogP contribution in [0.4, 0.5) is 0 Å². The van der Waals surface area contributed by atoms with Gasteiger partial charge in [-0.05, 0) is 58.0 Å². The van der Waals surface area contributed by atoms with Gasteiger partial charge in [0, 0.05) is 42.5 Å². The molecule has 9 heteroatoms. The second kappa shape index (κ2) is 12.7. The highest BCUT2D eigenvalue weighted by molar-refractivity contribution is 6.29. The summed E-state index contributed by atoms with van der Waals surface area (Å²) in [5, 5.41) is 13.7. The van der Waals surface area contributed by atoms with E-state index in [1.165, 1.54) is 0 Å². The van der Waals surface area contributed by atoms with Crippen molar-refractivity contribution in [3.05, 3.63) is 65.5 Å². The minimum atomic E-state index is -0.666. The van der Waals surface area contributed by atoms with Crippen LogP contribution in [0.25, 0.3) is 11.3 Å². The van der Waals surface area contributed by atoms with Gasteiger partial charge in [0.05, 0.1) is 6.10 Å². The minimum Gasteiger partial charge on any atom is -0.492 e. The molecule has 0 bridgehead atoms. The number of pyridine rings is 1. The lowest BCUT2D eigenvalue weighted by atomic mass is 10.1. The Morgan fingerprint density at radius 1 is 1.14 bits per heavy atom. The maximum absolute atomic E-state index is 12.6. The minimum absolute atomic E-state index is 0.00175. The molecule has 3 aromatic rings. The predicted molar refractivity (Wildman–Crippen MR) is 135 cm³/mol. The van der Waals surface area contributed by atoms with Gasteiger partial charge in [-0.15, -0.1) is 0 Å². The summed E-state index contributed by atoms with van der Waals surface area (Å²) in [6.07, 6.45) is 2.60. The number of amides is 1. The number of benzene rings is 1. The smallest absolute Gasteiger partial charge is 0.232 e. The van der Waals surface area contributed by atoms with Crippen molar-refractivity contribution in [3.8, 4) is 17.0 Å². The highest BCUT2D eigenvalue weighted by Crippen LogP contribution is 2.22. The summed E-state index contributed by atoms with van der Waals surface area (Å²) in [6.45, 7) is 9.41. The number of ether oxygens (including phenoxy) is 1. The first-order valence-corrected chi connectivity index (χ1v) is 12.1. The lowest BCUT2D eigenvalue weighted by Crippen LogP contribution is -2.42. The SMILES string of the molecule is CC(C)N(C(=O)Cc1nc(-c2ccc(OCCNCC(O)c3ccc(Cl)nc3)cc2)co1)C(C)C. The third kappa shape index (κ3) is 7.78. The molecule has 0 aliphatic carbocycles. The Kier molecular flexibility index (Phi) is 9.65. The van der Waals surface area contributed by atoms with E-state index in [0.717, 1.165) is 11.3 Å². The Morgan fingerprint density at radius 3 is 2.49 bits per heavy atom. The molecule has 1 atom stereocenters. The van der Waals surface area contributed by atoms with E-state index in [-0.39, 0.29) is 24.4 Å². The molecule has 0 aliphatic heterocycles. The standard InChI is InChI=1S/C26H33ClN4O4/c1-17(2)31(18(3)4)26(33)13-25-30-22(16-35-25)19-5-8-21(9-6-19)34-12-11-28-15-23(32)20-7-10-24(27)29-14-20/h5-10,14,16-18,23,28,32H,11-13,15H2,1-4H3. The summed E-state index contributed by atoms with van der Waals surface area (Å²) in [4.78, 5) is 22.9. The van der Waals surface area contributed by atoms with Crippen LogP contribution in [-0.4, -0.2) is 57.7 Å². The molecule has 1 amide bonds. The molecule has 1 aromatic carbocycles. The molecule has 8 nitrogen and oxygen atoms in total. The molecule has 0 saturated heterocycles. The molecule has 2 N–H and O–H groups in total. The van der Waals surface area contributed by atoms with Gasteiger partial charge in [0.25, 0.3) is 0 Å². The van der Waals surface area contributed by atoms with Gasteiger partial charge in [-0.25, -0.2) is 9.97 Å². The van der Waals surface area contributed by atoms with E-state index in [1.807, 2.05) is 56.9 Å². The second-order valence-corrected chi connectivity index (χ2v) is 9.19. The molecule has 0 spiro atoms. The first kappa shape index (κ1) is 26.7. The van der Waals surface area contributed by atoms with Gasteiger partial charge in [-0.1, -0.05) is 17.7 Å². The van der Waals surface area contributed by atoms with E-state index in [4.69, 9.17) is 20.8 Å². The first-order chi connectivity index (χ1) is 16.7. The molecule has 3 rings (SSSR count). The highest BCUT2D eigenvalue weighted by Gasteiger charge is 2.22. The number of carbonyl (C=O) groups excluding carboxylic acids is 1. The quantitative estimate of drug-likeness (QED) is 0.283. The van der Waals surface area contributed by atoms with Crippen LogP contribution in [0.15, 0.2) is 53.3 Å². The van der Waals surface area contributed by atoms with Crippen LogP contribution in [0.1, 0.15) is 45.3 Å². The maximum atomic E-state index is 12.6. The number of carbonyl (C=O) groups is 1. The Morgan fingerprint density at radius 2 is 1.86 bits per heavy atom. The molecular formula is C26H33ClN4O4. The molecular weight excluding hydrogens is 468 g/mol. The van der Waals surface area contributed by atoms with Crippen molar-refractivity contribution in [2.75, 3.05) is 19.7 Å². The molecule has 35 heavy (non-hydrogen) atoms. The molecule has 0 saturated carbocycles. The number of nitrogens with one attached hydrogen (secondary N) is 1. The number of oxazole rings is 1. The van der Waals surface area contributed by atoms with Gasteiger partial charge in [0.1, 0.15) is 35.9 Å². The third-order valence-electron chi connectivity index (χ3n) is 5.43. The molecule has 2 heterocycles. The Bertz CT molecular complexity index is 1060. The lowest BCUT2D eigenvalue weighted by molar-refractivity contribution is -0.134. The predicted octanol–water partition coefficient (Wildman–Crippen LogP) is 4.28. The van der Waals surface area contributed by atoms with Crippen molar-refractivity contribution in [2.24, 2.45) is 0 Å². The molecule has 2 aromatic heterocycles. The van der Waals surface area contributed by atoms with E-state index >= 15 is 0 Å². The summed E-state index contributed by atoms with van der Waals surface area (Å²) in [5.41, 5.74) is 2.26. The third-order valence-corrected chi connectivity index (χ3v) is 5.65. The van der Waals surface area contributed by atoms with Crippen LogP contribution in [-0.2, 0) is 11.2 Å². The monoisotopic (exact) mass is 500 g/mol. The van der Waals surface area contributed by atoms with Crippen LogP contribution in [0.5, 0.6) is 5.75 Å². The number of halogens is 1. The van der Waals surface area contributed by atoms with Crippen molar-refractivity contribution in [2.45, 2.75) is 52.3 Å². The fourth-order valence-corrected chi connectivity index (χ4v) is 3.93. The van der Waals surface area contributed by atoms with Crippen molar-refractivity contribution in [1.29, 1.82) is 0 Å². The van der Waals surface area contributed by atoms with Crippen molar-refractivity contribution >= 4 is 17.5 Å². The van der Waals surface area contributed by atoms with Gasteiger partial charge >= 0.3 is 0 Å². The molecule has 0 radical (unpaired) electrons. The van der Waals surface area contributed by atoms with Gasteiger partial charge in [0.15, 0.2) is 0 Å². The second-order valence-electron chi connectivity index (χ2n) is 8.80. The van der Waals surface area contributed by atoms with Gasteiger partial charge < -0.3 is 24.5 Å². The van der Waals surface area contributed by atoms with Crippen LogP contribution in [0.3, 0.4) is 0 Å². The maximum Gasteiger partial charge on any atom is 0.232 e. The van der Waals surface area contributed by atoms with E-state index in [2.05, 4.69) is 15.3 Å².